The number of ether oxygens (including phenoxy) is 1. The van der Waals surface area contributed by atoms with Gasteiger partial charge in [0.2, 0.25) is 0 Å². The first-order valence-electron chi connectivity index (χ1n) is 10.7. The molecule has 0 unspecified atom stereocenters. The molecule has 13 heteroatoms. The van der Waals surface area contributed by atoms with E-state index in [1.54, 1.807) is 16.8 Å². The van der Waals surface area contributed by atoms with Crippen LogP contribution in [0.1, 0.15) is 22.5 Å². The van der Waals surface area contributed by atoms with Gasteiger partial charge in [-0.1, -0.05) is 23.9 Å². The van der Waals surface area contributed by atoms with Gasteiger partial charge < -0.3 is 8.92 Å². The highest BCUT2D eigenvalue weighted by Crippen LogP contribution is 2.36. The van der Waals surface area contributed by atoms with Crippen molar-refractivity contribution in [1.82, 2.24) is 4.68 Å². The van der Waals surface area contributed by atoms with Crippen LogP contribution in [0, 0.1) is 30.9 Å². The van der Waals surface area contributed by atoms with Gasteiger partial charge in [-0.2, -0.15) is 13.4 Å². The first-order valence-corrected chi connectivity index (χ1v) is 13.4. The molecule has 192 valence electrons. The van der Waals surface area contributed by atoms with Crippen LogP contribution in [0.3, 0.4) is 0 Å². The number of thioether (sulfide) groups is 1. The standard InChI is InChI=1S/C24H21N3O7S3/c1-14-5-9-18(13-19(14)27(29)30)37(31,32)34-20-10-8-17(11-21(20)33-4)12-22-23(28)26(24(35)36-22)25-15(2)6-7-16(25)3/h5-13H,1-4H3/b22-12-. The Morgan fingerprint density at radius 2 is 1.70 bits per heavy atom. The molecule has 0 spiro atoms. The molecule has 0 N–H and O–H groups in total. The number of rotatable bonds is 7. The van der Waals surface area contributed by atoms with Crippen molar-refractivity contribution < 1.29 is 27.1 Å². The number of carbonyl (C=O) groups excluding carboxylic acids is 1. The van der Waals surface area contributed by atoms with Crippen molar-refractivity contribution in [2.45, 2.75) is 25.7 Å². The zero-order chi connectivity index (χ0) is 27.1. The third-order valence-electron chi connectivity index (χ3n) is 5.56. The SMILES string of the molecule is COc1cc(/C=C2\SC(=S)N(n3c(C)ccc3C)C2=O)ccc1OS(=O)(=O)c1ccc(C)c([N+](=O)[O-])c1. The largest absolute Gasteiger partial charge is 0.493 e. The second-order valence-corrected chi connectivity index (χ2v) is 11.3. The van der Waals surface area contributed by atoms with Gasteiger partial charge in [0, 0.05) is 23.0 Å². The molecule has 3 aromatic rings. The number of thiocarbonyl (C=S) groups is 1. The smallest absolute Gasteiger partial charge is 0.339 e. The molecule has 0 radical (unpaired) electrons. The molecule has 1 aromatic heterocycles. The average Bonchev–Trinajstić information content (AvgIpc) is 3.30. The number of nitro benzene ring substituents is 1. The fourth-order valence-corrected chi connectivity index (χ4v) is 5.91. The fraction of sp³-hybridized carbons (Fsp3) is 0.167. The summed E-state index contributed by atoms with van der Waals surface area (Å²) in [6.07, 6.45) is 1.62. The minimum Gasteiger partial charge on any atom is -0.493 e. The van der Waals surface area contributed by atoms with Gasteiger partial charge in [0.05, 0.1) is 16.9 Å². The Bertz CT molecular complexity index is 1570. The van der Waals surface area contributed by atoms with Crippen LogP contribution < -0.4 is 13.9 Å². The van der Waals surface area contributed by atoms with Gasteiger partial charge in [0.1, 0.15) is 4.90 Å². The Morgan fingerprint density at radius 3 is 2.32 bits per heavy atom. The van der Waals surface area contributed by atoms with Crippen molar-refractivity contribution in [3.05, 3.63) is 86.1 Å². The van der Waals surface area contributed by atoms with Crippen molar-refractivity contribution in [2.24, 2.45) is 0 Å². The second-order valence-electron chi connectivity index (χ2n) is 8.07. The van der Waals surface area contributed by atoms with Crippen molar-refractivity contribution in [3.63, 3.8) is 0 Å². The lowest BCUT2D eigenvalue weighted by Gasteiger charge is -2.20. The molecule has 1 fully saturated rings. The molecule has 0 aliphatic carbocycles. The highest BCUT2D eigenvalue weighted by molar-refractivity contribution is 8.27. The van der Waals surface area contributed by atoms with Crippen LogP contribution in [0.25, 0.3) is 6.08 Å². The molecule has 2 aromatic carbocycles. The van der Waals surface area contributed by atoms with Crippen molar-refractivity contribution >= 4 is 56.1 Å². The lowest BCUT2D eigenvalue weighted by atomic mass is 10.2. The Morgan fingerprint density at radius 1 is 1.03 bits per heavy atom. The van der Waals surface area contributed by atoms with Crippen LogP contribution in [0.4, 0.5) is 5.69 Å². The summed E-state index contributed by atoms with van der Waals surface area (Å²) >= 11 is 6.59. The van der Waals surface area contributed by atoms with E-state index < -0.39 is 15.0 Å². The molecule has 0 saturated carbocycles. The Hall–Kier alpha value is -3.68. The lowest BCUT2D eigenvalue weighted by molar-refractivity contribution is -0.385. The number of carbonyl (C=O) groups is 1. The summed E-state index contributed by atoms with van der Waals surface area (Å²) in [7, 11) is -3.06. The number of aromatic nitrogens is 1. The summed E-state index contributed by atoms with van der Waals surface area (Å²) in [6.45, 7) is 5.26. The van der Waals surface area contributed by atoms with E-state index >= 15 is 0 Å². The topological polar surface area (TPSA) is 121 Å². The van der Waals surface area contributed by atoms with E-state index in [0.29, 0.717) is 20.4 Å². The predicted molar refractivity (Wildman–Crippen MR) is 144 cm³/mol. The molecule has 4 rings (SSSR count). The van der Waals surface area contributed by atoms with E-state index in [-0.39, 0.29) is 28.0 Å². The fourth-order valence-electron chi connectivity index (χ4n) is 3.71. The predicted octanol–water partition coefficient (Wildman–Crippen LogP) is 4.64. The third kappa shape index (κ3) is 5.10. The minimum atomic E-state index is -4.40. The van der Waals surface area contributed by atoms with Crippen molar-refractivity contribution in [1.29, 1.82) is 0 Å². The van der Waals surface area contributed by atoms with Crippen LogP contribution in [0.2, 0.25) is 0 Å². The molecule has 1 aliphatic rings. The molecule has 0 bridgehead atoms. The van der Waals surface area contributed by atoms with Crippen molar-refractivity contribution in [3.8, 4) is 11.5 Å². The van der Waals surface area contributed by atoms with E-state index in [1.165, 1.54) is 43.3 Å². The maximum absolute atomic E-state index is 13.1. The van der Waals surface area contributed by atoms with Gasteiger partial charge in [-0.25, -0.2) is 0 Å². The average molecular weight is 560 g/mol. The summed E-state index contributed by atoms with van der Waals surface area (Å²) < 4.78 is 38.3. The Kier molecular flexibility index (Phi) is 7.13. The summed E-state index contributed by atoms with van der Waals surface area (Å²) in [5.41, 5.74) is 2.25. The number of nitrogens with zero attached hydrogens (tertiary/aromatic N) is 3. The highest BCUT2D eigenvalue weighted by Gasteiger charge is 2.35. The molecule has 1 saturated heterocycles. The quantitative estimate of drug-likeness (QED) is 0.134. The third-order valence-corrected chi connectivity index (χ3v) is 8.07. The van der Waals surface area contributed by atoms with Crippen molar-refractivity contribution in [2.75, 3.05) is 12.1 Å². The number of benzene rings is 2. The van der Waals surface area contributed by atoms with Crippen LogP contribution >= 0.6 is 24.0 Å². The zero-order valence-electron chi connectivity index (χ0n) is 20.1. The molecule has 2 heterocycles. The molecular weight excluding hydrogens is 538 g/mol. The van der Waals surface area contributed by atoms with E-state index in [9.17, 15) is 23.3 Å². The van der Waals surface area contributed by atoms with Gasteiger partial charge in [-0.05, 0) is 75.0 Å². The van der Waals surface area contributed by atoms with Crippen LogP contribution in [0.5, 0.6) is 11.5 Å². The number of hydrogen-bond donors (Lipinski definition) is 0. The molecule has 1 aliphatic heterocycles. The van der Waals surface area contributed by atoms with E-state index in [4.69, 9.17) is 21.1 Å². The number of hydrogen-bond acceptors (Lipinski definition) is 9. The first kappa shape index (κ1) is 26.4. The lowest BCUT2D eigenvalue weighted by Crippen LogP contribution is -2.39. The van der Waals surface area contributed by atoms with Gasteiger partial charge in [-0.15, -0.1) is 0 Å². The second kappa shape index (κ2) is 10.00. The monoisotopic (exact) mass is 559 g/mol. The maximum Gasteiger partial charge on any atom is 0.339 e. The number of aryl methyl sites for hydroxylation is 3. The van der Waals surface area contributed by atoms with E-state index in [1.807, 2.05) is 26.0 Å². The number of nitro groups is 1. The molecule has 37 heavy (non-hydrogen) atoms. The number of amides is 1. The Labute approximate surface area is 222 Å². The van der Waals surface area contributed by atoms with Gasteiger partial charge in [0.25, 0.3) is 11.6 Å². The molecule has 0 atom stereocenters. The summed E-state index contributed by atoms with van der Waals surface area (Å²) in [4.78, 5) is 23.7. The zero-order valence-corrected chi connectivity index (χ0v) is 22.6. The van der Waals surface area contributed by atoms with Crippen LogP contribution in [-0.2, 0) is 14.9 Å². The maximum atomic E-state index is 13.1. The normalized spacial score (nSPS) is 14.9. The summed E-state index contributed by atoms with van der Waals surface area (Å²) in [5.74, 6) is -0.319. The van der Waals surface area contributed by atoms with Gasteiger partial charge >= 0.3 is 10.1 Å². The van der Waals surface area contributed by atoms with E-state index in [2.05, 4.69) is 0 Å². The first-order chi connectivity index (χ1) is 17.4. The van der Waals surface area contributed by atoms with E-state index in [0.717, 1.165) is 29.2 Å². The van der Waals surface area contributed by atoms with Crippen LogP contribution in [-0.4, -0.2) is 35.4 Å². The van der Waals surface area contributed by atoms with Crippen LogP contribution in [0.15, 0.2) is 58.3 Å². The molecule has 1 amide bonds. The minimum absolute atomic E-state index is 0.0894. The molecular formula is C24H21N3O7S3. The Balaban J connectivity index is 1.62. The molecule has 10 nitrogen and oxygen atoms in total. The summed E-state index contributed by atoms with van der Waals surface area (Å²) in [5, 5.41) is 12.6. The van der Waals surface area contributed by atoms with Gasteiger partial charge in [-0.3, -0.25) is 19.6 Å². The van der Waals surface area contributed by atoms with Gasteiger partial charge in [0.15, 0.2) is 15.8 Å². The highest BCUT2D eigenvalue weighted by atomic mass is 32.2. The summed E-state index contributed by atoms with van der Waals surface area (Å²) in [6, 6.07) is 11.8. The number of methoxy groups -OCH3 is 1.